The number of allylic oxidation sites excluding steroid dienone is 10. The summed E-state index contributed by atoms with van der Waals surface area (Å²) in [4.78, 5) is 23.1. The number of hydrogen-bond donors (Lipinski definition) is 6. The number of esters is 1. The molecule has 0 aromatic carbocycles. The van der Waals surface area contributed by atoms with Crippen molar-refractivity contribution in [2.75, 3.05) is 19.8 Å². The Morgan fingerprint density at radius 3 is 1.50 bits per heavy atom. The highest BCUT2D eigenvalue weighted by atomic mass is 31.2. The maximum atomic E-state index is 12.8. The maximum Gasteiger partial charge on any atom is 0.472 e. The number of phosphoric ester groups is 1. The molecule has 0 spiro atoms. The topological polar surface area (TPSA) is 192 Å². The molecule has 13 heteroatoms. The number of rotatable bonds is 38. The summed E-state index contributed by atoms with van der Waals surface area (Å²) in [5.74, 6) is -0.498. The fourth-order valence-electron chi connectivity index (χ4n) is 6.69. The van der Waals surface area contributed by atoms with E-state index >= 15 is 0 Å². The predicted octanol–water partition coefficient (Wildman–Crippen LogP) is 9.42. The first-order valence-electron chi connectivity index (χ1n) is 23.1. The lowest BCUT2D eigenvalue weighted by Crippen LogP contribution is -2.64. The number of ether oxygens (including phenoxy) is 2. The fourth-order valence-corrected chi connectivity index (χ4v) is 7.67. The molecule has 0 amide bonds. The first-order valence-corrected chi connectivity index (χ1v) is 24.6. The molecule has 0 saturated heterocycles. The molecule has 6 N–H and O–H groups in total. The van der Waals surface area contributed by atoms with Crippen LogP contribution in [0.2, 0.25) is 0 Å². The van der Waals surface area contributed by atoms with Crippen LogP contribution in [0.5, 0.6) is 0 Å². The van der Waals surface area contributed by atoms with Crippen molar-refractivity contribution in [1.82, 2.24) is 0 Å². The summed E-state index contributed by atoms with van der Waals surface area (Å²) in [5, 5.41) is 50.2. The van der Waals surface area contributed by atoms with Gasteiger partial charge in [0.05, 0.1) is 13.2 Å². The normalized spacial score (nSPS) is 22.9. The minimum Gasteiger partial charge on any atom is -0.457 e. The van der Waals surface area contributed by atoms with Gasteiger partial charge in [-0.05, 0) is 77.0 Å². The van der Waals surface area contributed by atoms with Gasteiger partial charge < -0.3 is 39.9 Å². The minimum absolute atomic E-state index is 0.0903. The summed E-state index contributed by atoms with van der Waals surface area (Å²) in [7, 11) is -5.03. The zero-order chi connectivity index (χ0) is 44.1. The van der Waals surface area contributed by atoms with Crippen molar-refractivity contribution in [3.63, 3.8) is 0 Å². The smallest absolute Gasteiger partial charge is 0.457 e. The molecule has 0 aliphatic heterocycles. The average molecular weight is 871 g/mol. The number of aliphatic hydroxyl groups excluding tert-OH is 5. The standard InChI is InChI=1S/C47H83O12P/c1-3-5-7-9-11-13-15-17-19-20-21-23-25-27-29-31-33-35-37-56-38-40(39-57-60(54,55)59-47-45(52)43(50)42(49)44(51)46(47)53)58-41(48)36-34-32-30-28-26-24-22-18-16-14-12-10-8-6-4-2/h6,8,11-14,17-19,22,40,42-47,49-53H,3-5,7,9-10,15-16,20-21,23-39H2,1-2H3,(H,54,55)/b8-6-,13-11-,14-12-,19-17-,22-18-. The summed E-state index contributed by atoms with van der Waals surface area (Å²) in [6.45, 7) is 4.08. The number of phosphoric acid groups is 1. The van der Waals surface area contributed by atoms with Gasteiger partial charge in [0.2, 0.25) is 0 Å². The number of hydrogen-bond acceptors (Lipinski definition) is 11. The third-order valence-electron chi connectivity index (χ3n) is 10.4. The molecule has 348 valence electrons. The molecule has 12 nitrogen and oxygen atoms in total. The Balaban J connectivity index is 2.41. The van der Waals surface area contributed by atoms with E-state index in [1.54, 1.807) is 0 Å². The Labute approximate surface area is 362 Å². The summed E-state index contributed by atoms with van der Waals surface area (Å²) < 4.78 is 34.2. The lowest BCUT2D eigenvalue weighted by Gasteiger charge is -2.41. The second-order valence-corrected chi connectivity index (χ2v) is 17.3. The van der Waals surface area contributed by atoms with Crippen LogP contribution in [-0.4, -0.2) is 98.9 Å². The molecule has 1 aliphatic rings. The molecule has 1 rings (SSSR count). The van der Waals surface area contributed by atoms with Crippen molar-refractivity contribution in [3.05, 3.63) is 60.8 Å². The van der Waals surface area contributed by atoms with Gasteiger partial charge >= 0.3 is 13.8 Å². The number of carbonyl (C=O) groups excluding carboxylic acids is 1. The van der Waals surface area contributed by atoms with Crippen LogP contribution in [0.4, 0.5) is 0 Å². The van der Waals surface area contributed by atoms with Crippen LogP contribution in [0, 0.1) is 0 Å². The zero-order valence-electron chi connectivity index (χ0n) is 37.0. The molecule has 1 fully saturated rings. The van der Waals surface area contributed by atoms with Crippen LogP contribution in [0.3, 0.4) is 0 Å². The van der Waals surface area contributed by atoms with Crippen molar-refractivity contribution in [3.8, 4) is 0 Å². The van der Waals surface area contributed by atoms with Gasteiger partial charge in [-0.3, -0.25) is 13.8 Å². The van der Waals surface area contributed by atoms with Crippen molar-refractivity contribution >= 4 is 13.8 Å². The van der Waals surface area contributed by atoms with Crippen molar-refractivity contribution < 1.29 is 58.3 Å². The lowest BCUT2D eigenvalue weighted by atomic mass is 9.85. The quantitative estimate of drug-likeness (QED) is 0.0149. The van der Waals surface area contributed by atoms with Crippen LogP contribution in [0.15, 0.2) is 60.8 Å². The van der Waals surface area contributed by atoms with Gasteiger partial charge in [0.1, 0.15) is 42.7 Å². The summed E-state index contributed by atoms with van der Waals surface area (Å²) in [6.07, 6.45) is 34.3. The highest BCUT2D eigenvalue weighted by Crippen LogP contribution is 2.47. The van der Waals surface area contributed by atoms with Crippen molar-refractivity contribution in [2.24, 2.45) is 0 Å². The lowest BCUT2D eigenvalue weighted by molar-refractivity contribution is -0.220. The first kappa shape index (κ1) is 56.1. The predicted molar refractivity (Wildman–Crippen MR) is 239 cm³/mol. The van der Waals surface area contributed by atoms with Gasteiger partial charge in [-0.2, -0.15) is 0 Å². The van der Waals surface area contributed by atoms with Crippen LogP contribution < -0.4 is 0 Å². The summed E-state index contributed by atoms with van der Waals surface area (Å²) >= 11 is 0. The van der Waals surface area contributed by atoms with E-state index in [9.17, 15) is 39.8 Å². The average Bonchev–Trinajstić information content (AvgIpc) is 3.23. The van der Waals surface area contributed by atoms with E-state index in [2.05, 4.69) is 74.6 Å². The molecule has 6 unspecified atom stereocenters. The number of aliphatic hydroxyl groups is 5. The maximum absolute atomic E-state index is 12.8. The third-order valence-corrected chi connectivity index (χ3v) is 11.4. The molecule has 1 aliphatic carbocycles. The van der Waals surface area contributed by atoms with Crippen LogP contribution in [0.1, 0.15) is 168 Å². The largest absolute Gasteiger partial charge is 0.472 e. The molecular weight excluding hydrogens is 787 g/mol. The Morgan fingerprint density at radius 2 is 0.983 bits per heavy atom. The van der Waals surface area contributed by atoms with Crippen molar-refractivity contribution in [1.29, 1.82) is 0 Å². The molecule has 0 radical (unpaired) electrons. The Bertz CT molecular complexity index is 1220. The highest BCUT2D eigenvalue weighted by Gasteiger charge is 2.51. The zero-order valence-corrected chi connectivity index (χ0v) is 37.9. The molecule has 0 aromatic rings. The number of unbranched alkanes of at least 4 members (excludes halogenated alkanes) is 16. The molecule has 60 heavy (non-hydrogen) atoms. The van der Waals surface area contributed by atoms with E-state index in [4.69, 9.17) is 18.5 Å². The molecule has 0 aromatic heterocycles. The molecule has 6 atom stereocenters. The Hall–Kier alpha value is -1.96. The van der Waals surface area contributed by atoms with E-state index in [-0.39, 0.29) is 13.0 Å². The summed E-state index contributed by atoms with van der Waals surface area (Å²) in [5.41, 5.74) is 0. The van der Waals surface area contributed by atoms with Gasteiger partial charge in [0.25, 0.3) is 0 Å². The van der Waals surface area contributed by atoms with E-state index in [1.165, 1.54) is 51.4 Å². The van der Waals surface area contributed by atoms with Gasteiger partial charge in [-0.1, -0.05) is 145 Å². The second kappa shape index (κ2) is 37.6. The van der Waals surface area contributed by atoms with E-state index in [0.717, 1.165) is 89.9 Å². The Morgan fingerprint density at radius 1 is 0.550 bits per heavy atom. The van der Waals surface area contributed by atoms with Gasteiger partial charge in [0, 0.05) is 13.0 Å². The monoisotopic (exact) mass is 871 g/mol. The summed E-state index contributed by atoms with van der Waals surface area (Å²) in [6, 6.07) is 0. The SMILES string of the molecule is CC/C=C\C/C=C\C/C=C\CCCCCCCC(=O)OC(COCCCCCCCCCC/C=C\C/C=C\CCCCC)COP(=O)(O)OC1C(O)C(O)C(O)C(O)C1O. The van der Waals surface area contributed by atoms with E-state index < -0.39 is 63.1 Å². The van der Waals surface area contributed by atoms with Crippen LogP contribution in [0.25, 0.3) is 0 Å². The third kappa shape index (κ3) is 29.4. The molecule has 0 heterocycles. The first-order chi connectivity index (χ1) is 29.0. The van der Waals surface area contributed by atoms with Gasteiger partial charge in [-0.25, -0.2) is 4.57 Å². The molecule has 0 bridgehead atoms. The second-order valence-electron chi connectivity index (χ2n) is 15.9. The van der Waals surface area contributed by atoms with E-state index in [0.29, 0.717) is 13.0 Å². The fraction of sp³-hybridized carbons (Fsp3) is 0.766. The van der Waals surface area contributed by atoms with Crippen LogP contribution >= 0.6 is 7.82 Å². The van der Waals surface area contributed by atoms with E-state index in [1.807, 2.05) is 0 Å². The molecule has 1 saturated carbocycles. The Kier molecular flexibility index (Phi) is 35.1. The van der Waals surface area contributed by atoms with Gasteiger partial charge in [-0.15, -0.1) is 0 Å². The highest BCUT2D eigenvalue weighted by molar-refractivity contribution is 7.47. The van der Waals surface area contributed by atoms with Crippen LogP contribution in [-0.2, 0) is 27.9 Å². The van der Waals surface area contributed by atoms with Crippen molar-refractivity contribution in [2.45, 2.75) is 211 Å². The molecular formula is C47H83O12P. The number of carbonyl (C=O) groups is 1. The minimum atomic E-state index is -5.03. The van der Waals surface area contributed by atoms with Gasteiger partial charge in [0.15, 0.2) is 0 Å².